The summed E-state index contributed by atoms with van der Waals surface area (Å²) in [5, 5.41) is 28.5. The van der Waals surface area contributed by atoms with E-state index < -0.39 is 0 Å². The second-order valence-corrected chi connectivity index (χ2v) is 4.02. The van der Waals surface area contributed by atoms with Gasteiger partial charge in [0, 0.05) is 26.3 Å². The summed E-state index contributed by atoms with van der Waals surface area (Å²) in [5.74, 6) is 0.233. The van der Waals surface area contributed by atoms with E-state index in [4.69, 9.17) is 20.2 Å². The third-order valence-corrected chi connectivity index (χ3v) is 2.48. The molecule has 0 aliphatic rings. The molecule has 5 nitrogen and oxygen atoms in total. The number of phenolic OH excluding ortho intramolecular Hbond substituents is 1. The Morgan fingerprint density at radius 2 is 1.50 bits per heavy atom. The highest BCUT2D eigenvalue weighted by atomic mass is 16.7. The van der Waals surface area contributed by atoms with Gasteiger partial charge in [0.15, 0.2) is 0 Å². The Morgan fingerprint density at radius 1 is 0.944 bits per heavy atom. The summed E-state index contributed by atoms with van der Waals surface area (Å²) in [6.07, 6.45) is 1.28. The van der Waals surface area contributed by atoms with Crippen LogP contribution in [-0.2, 0) is 11.4 Å². The zero-order valence-corrected chi connectivity index (χ0v) is 10.5. The number of aliphatic hydroxyl groups is 2. The first kappa shape index (κ1) is 14.9. The highest BCUT2D eigenvalue weighted by molar-refractivity contribution is 5.25. The van der Waals surface area contributed by atoms with Crippen molar-refractivity contribution in [3.05, 3.63) is 29.8 Å². The maximum Gasteiger partial charge on any atom is 0.115 e. The zero-order chi connectivity index (χ0) is 13.2. The maximum atomic E-state index is 9.16. The van der Waals surface area contributed by atoms with Crippen molar-refractivity contribution in [1.82, 2.24) is 5.06 Å². The fourth-order valence-electron chi connectivity index (χ4n) is 1.49. The summed E-state index contributed by atoms with van der Waals surface area (Å²) >= 11 is 0. The molecule has 0 amide bonds. The lowest BCUT2D eigenvalue weighted by Gasteiger charge is -2.21. The van der Waals surface area contributed by atoms with E-state index in [1.54, 1.807) is 29.3 Å². The largest absolute Gasteiger partial charge is 0.508 e. The Morgan fingerprint density at radius 3 is 2.00 bits per heavy atom. The van der Waals surface area contributed by atoms with Crippen LogP contribution in [0.25, 0.3) is 0 Å². The number of rotatable bonds is 9. The van der Waals surface area contributed by atoms with Crippen molar-refractivity contribution in [2.75, 3.05) is 26.3 Å². The van der Waals surface area contributed by atoms with Gasteiger partial charge in [0.25, 0.3) is 0 Å². The third kappa shape index (κ3) is 5.97. The van der Waals surface area contributed by atoms with Gasteiger partial charge in [-0.15, -0.1) is 0 Å². The van der Waals surface area contributed by atoms with Crippen molar-refractivity contribution in [2.24, 2.45) is 0 Å². The van der Waals surface area contributed by atoms with Gasteiger partial charge in [-0.25, -0.2) is 0 Å². The van der Waals surface area contributed by atoms with Crippen LogP contribution >= 0.6 is 0 Å². The molecule has 0 spiro atoms. The van der Waals surface area contributed by atoms with E-state index in [-0.39, 0.29) is 19.0 Å². The van der Waals surface area contributed by atoms with E-state index in [0.717, 1.165) is 5.56 Å². The standard InChI is InChI=1S/C13H21NO4/c15-9-1-7-14(8-2-10-16)18-11-12-3-5-13(17)6-4-12/h3-6,15-17H,1-2,7-11H2. The number of aromatic hydroxyl groups is 1. The summed E-state index contributed by atoms with van der Waals surface area (Å²) < 4.78 is 0. The van der Waals surface area contributed by atoms with Gasteiger partial charge >= 0.3 is 0 Å². The summed E-state index contributed by atoms with van der Waals surface area (Å²) in [6.45, 7) is 1.93. The van der Waals surface area contributed by atoms with Crippen molar-refractivity contribution < 1.29 is 20.2 Å². The monoisotopic (exact) mass is 255 g/mol. The number of benzene rings is 1. The molecule has 0 heterocycles. The molecule has 5 heteroatoms. The molecule has 0 aliphatic heterocycles. The number of phenols is 1. The molecule has 0 aromatic heterocycles. The van der Waals surface area contributed by atoms with Gasteiger partial charge in [0.05, 0.1) is 6.61 Å². The maximum absolute atomic E-state index is 9.16. The summed E-state index contributed by atoms with van der Waals surface area (Å²) in [7, 11) is 0. The average molecular weight is 255 g/mol. The molecule has 1 aromatic rings. The number of hydrogen-bond acceptors (Lipinski definition) is 5. The topological polar surface area (TPSA) is 73.2 Å². The number of nitrogens with zero attached hydrogens (tertiary/aromatic N) is 1. The van der Waals surface area contributed by atoms with E-state index in [9.17, 15) is 0 Å². The molecule has 102 valence electrons. The lowest BCUT2D eigenvalue weighted by atomic mass is 10.2. The van der Waals surface area contributed by atoms with Crippen LogP contribution in [0.3, 0.4) is 0 Å². The van der Waals surface area contributed by atoms with E-state index in [0.29, 0.717) is 32.5 Å². The molecule has 0 fully saturated rings. The Hall–Kier alpha value is -1.14. The molecule has 0 unspecified atom stereocenters. The van der Waals surface area contributed by atoms with Gasteiger partial charge in [0.2, 0.25) is 0 Å². The summed E-state index contributed by atoms with van der Waals surface area (Å²) in [5.41, 5.74) is 0.964. The Kier molecular flexibility index (Phi) is 7.36. The molecule has 1 aromatic carbocycles. The Bertz CT molecular complexity index is 307. The van der Waals surface area contributed by atoms with Crippen molar-refractivity contribution in [3.63, 3.8) is 0 Å². The molecule has 0 saturated heterocycles. The van der Waals surface area contributed by atoms with E-state index in [1.165, 1.54) is 0 Å². The SMILES string of the molecule is OCCCN(CCCO)OCc1ccc(O)cc1. The Labute approximate surface area is 107 Å². The van der Waals surface area contributed by atoms with E-state index in [1.807, 2.05) is 0 Å². The molecular weight excluding hydrogens is 234 g/mol. The predicted octanol–water partition coefficient (Wildman–Crippen LogP) is 0.891. The van der Waals surface area contributed by atoms with Crippen LogP contribution in [0.4, 0.5) is 0 Å². The molecule has 0 saturated carbocycles. The van der Waals surface area contributed by atoms with Crippen LogP contribution in [0, 0.1) is 0 Å². The lowest BCUT2D eigenvalue weighted by Crippen LogP contribution is -2.27. The van der Waals surface area contributed by atoms with Crippen molar-refractivity contribution in [1.29, 1.82) is 0 Å². The van der Waals surface area contributed by atoms with Crippen LogP contribution < -0.4 is 0 Å². The molecule has 0 radical (unpaired) electrons. The minimum absolute atomic E-state index is 0.123. The van der Waals surface area contributed by atoms with Gasteiger partial charge in [-0.05, 0) is 30.5 Å². The third-order valence-electron chi connectivity index (χ3n) is 2.48. The van der Waals surface area contributed by atoms with Crippen LogP contribution in [0.2, 0.25) is 0 Å². The summed E-state index contributed by atoms with van der Waals surface area (Å²) in [4.78, 5) is 5.60. The first-order chi connectivity index (χ1) is 8.76. The number of hydrogen-bond donors (Lipinski definition) is 3. The predicted molar refractivity (Wildman–Crippen MR) is 67.9 cm³/mol. The van der Waals surface area contributed by atoms with Crippen molar-refractivity contribution >= 4 is 0 Å². The molecule has 0 aliphatic carbocycles. The molecule has 18 heavy (non-hydrogen) atoms. The minimum Gasteiger partial charge on any atom is -0.508 e. The second kappa shape index (κ2) is 8.88. The quantitative estimate of drug-likeness (QED) is 0.572. The highest BCUT2D eigenvalue weighted by Gasteiger charge is 2.05. The van der Waals surface area contributed by atoms with Gasteiger partial charge in [-0.3, -0.25) is 4.84 Å². The number of hydroxylamine groups is 2. The molecule has 1 rings (SSSR count). The Balaban J connectivity index is 2.37. The van der Waals surface area contributed by atoms with E-state index >= 15 is 0 Å². The minimum atomic E-state index is 0.123. The van der Waals surface area contributed by atoms with Gasteiger partial charge < -0.3 is 15.3 Å². The van der Waals surface area contributed by atoms with Gasteiger partial charge in [-0.1, -0.05) is 12.1 Å². The fourth-order valence-corrected chi connectivity index (χ4v) is 1.49. The lowest BCUT2D eigenvalue weighted by molar-refractivity contribution is -0.172. The van der Waals surface area contributed by atoms with Crippen LogP contribution in [0.15, 0.2) is 24.3 Å². The first-order valence-corrected chi connectivity index (χ1v) is 6.13. The van der Waals surface area contributed by atoms with Gasteiger partial charge in [0.1, 0.15) is 5.75 Å². The molecular formula is C13H21NO4. The first-order valence-electron chi connectivity index (χ1n) is 6.13. The second-order valence-electron chi connectivity index (χ2n) is 4.02. The number of aliphatic hydroxyl groups excluding tert-OH is 2. The van der Waals surface area contributed by atoms with Gasteiger partial charge in [-0.2, -0.15) is 5.06 Å². The van der Waals surface area contributed by atoms with Crippen molar-refractivity contribution in [2.45, 2.75) is 19.4 Å². The molecule has 0 atom stereocenters. The fraction of sp³-hybridized carbons (Fsp3) is 0.538. The smallest absolute Gasteiger partial charge is 0.115 e. The molecule has 0 bridgehead atoms. The summed E-state index contributed by atoms with van der Waals surface area (Å²) in [6, 6.07) is 6.83. The zero-order valence-electron chi connectivity index (χ0n) is 10.5. The van der Waals surface area contributed by atoms with E-state index in [2.05, 4.69) is 0 Å². The molecule has 3 N–H and O–H groups in total. The van der Waals surface area contributed by atoms with Crippen molar-refractivity contribution in [3.8, 4) is 5.75 Å². The average Bonchev–Trinajstić information content (AvgIpc) is 2.40. The van der Waals surface area contributed by atoms with Crippen LogP contribution in [-0.4, -0.2) is 46.7 Å². The van der Waals surface area contributed by atoms with Crippen LogP contribution in [0.1, 0.15) is 18.4 Å². The normalized spacial score (nSPS) is 11.1. The highest BCUT2D eigenvalue weighted by Crippen LogP contribution is 2.11. The van der Waals surface area contributed by atoms with Crippen LogP contribution in [0.5, 0.6) is 5.75 Å².